The Labute approximate surface area is 120 Å². The molecule has 0 saturated carbocycles. The highest BCUT2D eigenvalue weighted by molar-refractivity contribution is 7.71. The van der Waals surface area contributed by atoms with Crippen LogP contribution in [0.15, 0.2) is 12.1 Å². The lowest BCUT2D eigenvalue weighted by Crippen LogP contribution is -2.39. The summed E-state index contributed by atoms with van der Waals surface area (Å²) in [6.07, 6.45) is 1.96. The van der Waals surface area contributed by atoms with E-state index in [1.54, 1.807) is 6.07 Å². The van der Waals surface area contributed by atoms with Gasteiger partial charge in [-0.1, -0.05) is 11.6 Å². The molecule has 1 aliphatic rings. The smallest absolute Gasteiger partial charge is 0.178 e. The van der Waals surface area contributed by atoms with Crippen LogP contribution >= 0.6 is 23.8 Å². The van der Waals surface area contributed by atoms with Gasteiger partial charge >= 0.3 is 0 Å². The third-order valence-electron chi connectivity index (χ3n) is 3.68. The van der Waals surface area contributed by atoms with Crippen molar-refractivity contribution in [3.63, 3.8) is 0 Å². The highest BCUT2D eigenvalue weighted by Crippen LogP contribution is 2.32. The van der Waals surface area contributed by atoms with E-state index in [-0.39, 0.29) is 10.6 Å². The maximum absolute atomic E-state index is 13.5. The van der Waals surface area contributed by atoms with Crippen LogP contribution in [0.3, 0.4) is 0 Å². The zero-order chi connectivity index (χ0) is 13.6. The molecule has 0 aliphatic carbocycles. The molecule has 1 aromatic heterocycles. The van der Waals surface area contributed by atoms with Gasteiger partial charge < -0.3 is 14.3 Å². The van der Waals surface area contributed by atoms with Gasteiger partial charge in [0.05, 0.1) is 28.2 Å². The van der Waals surface area contributed by atoms with Gasteiger partial charge in [-0.3, -0.25) is 0 Å². The summed E-state index contributed by atoms with van der Waals surface area (Å²) in [4.78, 5) is 3.04. The first kappa shape index (κ1) is 13.1. The number of nitrogens with one attached hydrogen (secondary N) is 1. The fraction of sp³-hybridized carbons (Fsp3) is 0.462. The molecule has 1 saturated heterocycles. The molecular weight excluding hydrogens is 287 g/mol. The first-order valence-corrected chi connectivity index (χ1v) is 6.98. The Morgan fingerprint density at radius 1 is 1.53 bits per heavy atom. The quantitative estimate of drug-likeness (QED) is 0.806. The van der Waals surface area contributed by atoms with Gasteiger partial charge in [0, 0.05) is 12.7 Å². The molecule has 2 heterocycles. The van der Waals surface area contributed by atoms with Gasteiger partial charge in [-0.2, -0.15) is 0 Å². The first-order chi connectivity index (χ1) is 9.01. The SMILES string of the molecule is CC1(n2c(=S)[nH]c3cc(F)c(Cl)cc32)CCCOC1. The summed E-state index contributed by atoms with van der Waals surface area (Å²) in [6, 6.07) is 3.01. The molecule has 3 rings (SSSR count). The molecule has 1 atom stereocenters. The maximum atomic E-state index is 13.5. The minimum Gasteiger partial charge on any atom is -0.379 e. The van der Waals surface area contributed by atoms with E-state index in [1.165, 1.54) is 6.07 Å². The third kappa shape index (κ3) is 2.10. The van der Waals surface area contributed by atoms with E-state index in [0.717, 1.165) is 25.0 Å². The lowest BCUT2D eigenvalue weighted by molar-refractivity contribution is 0.0108. The molecule has 1 aromatic carbocycles. The highest BCUT2D eigenvalue weighted by Gasteiger charge is 2.31. The van der Waals surface area contributed by atoms with E-state index >= 15 is 0 Å². The zero-order valence-electron chi connectivity index (χ0n) is 10.5. The van der Waals surface area contributed by atoms with Crippen LogP contribution in [0, 0.1) is 10.6 Å². The van der Waals surface area contributed by atoms with E-state index in [1.807, 2.05) is 4.57 Å². The average Bonchev–Trinajstić information content (AvgIpc) is 2.67. The maximum Gasteiger partial charge on any atom is 0.178 e. The van der Waals surface area contributed by atoms with Gasteiger partial charge in [0.2, 0.25) is 0 Å². The number of benzene rings is 1. The van der Waals surface area contributed by atoms with Crippen molar-refractivity contribution in [1.82, 2.24) is 9.55 Å². The summed E-state index contributed by atoms with van der Waals surface area (Å²) in [7, 11) is 0. The van der Waals surface area contributed by atoms with Crippen LogP contribution in [0.2, 0.25) is 5.02 Å². The van der Waals surface area contributed by atoms with Crippen LogP contribution < -0.4 is 0 Å². The Morgan fingerprint density at radius 2 is 2.32 bits per heavy atom. The second-order valence-electron chi connectivity index (χ2n) is 5.20. The van der Waals surface area contributed by atoms with E-state index in [4.69, 9.17) is 28.6 Å². The van der Waals surface area contributed by atoms with E-state index < -0.39 is 5.82 Å². The molecule has 102 valence electrons. The van der Waals surface area contributed by atoms with Gasteiger partial charge in [-0.05, 0) is 38.0 Å². The number of fused-ring (bicyclic) bond motifs is 1. The monoisotopic (exact) mass is 300 g/mol. The molecule has 3 nitrogen and oxygen atoms in total. The Morgan fingerprint density at radius 3 is 3.00 bits per heavy atom. The van der Waals surface area contributed by atoms with Gasteiger partial charge in [-0.15, -0.1) is 0 Å². The summed E-state index contributed by atoms with van der Waals surface area (Å²) < 4.78 is 21.7. The van der Waals surface area contributed by atoms with Gasteiger partial charge in [0.1, 0.15) is 5.82 Å². The first-order valence-electron chi connectivity index (χ1n) is 6.19. The van der Waals surface area contributed by atoms with Crippen LogP contribution in [0.4, 0.5) is 4.39 Å². The number of rotatable bonds is 1. The van der Waals surface area contributed by atoms with Crippen molar-refractivity contribution in [2.75, 3.05) is 13.2 Å². The molecule has 6 heteroatoms. The minimum atomic E-state index is -0.442. The Balaban J connectivity index is 2.25. The average molecular weight is 301 g/mol. The molecule has 0 spiro atoms. The van der Waals surface area contributed by atoms with Crippen LogP contribution in [0.5, 0.6) is 0 Å². The number of imidazole rings is 1. The second-order valence-corrected chi connectivity index (χ2v) is 6.00. The predicted octanol–water partition coefficient (Wildman–Crippen LogP) is 4.02. The van der Waals surface area contributed by atoms with E-state index in [2.05, 4.69) is 11.9 Å². The molecule has 1 unspecified atom stereocenters. The lowest BCUT2D eigenvalue weighted by Gasteiger charge is -2.35. The molecule has 1 N–H and O–H groups in total. The van der Waals surface area contributed by atoms with Crippen LogP contribution in [0.1, 0.15) is 19.8 Å². The van der Waals surface area contributed by atoms with Crippen LogP contribution in [-0.4, -0.2) is 22.8 Å². The van der Waals surface area contributed by atoms with Crippen molar-refractivity contribution in [3.05, 3.63) is 27.7 Å². The van der Waals surface area contributed by atoms with Crippen molar-refractivity contribution in [2.24, 2.45) is 0 Å². The molecule has 19 heavy (non-hydrogen) atoms. The van der Waals surface area contributed by atoms with Crippen LogP contribution in [0.25, 0.3) is 11.0 Å². The fourth-order valence-electron chi connectivity index (χ4n) is 2.73. The molecule has 2 aromatic rings. The third-order valence-corrected chi connectivity index (χ3v) is 4.26. The minimum absolute atomic E-state index is 0.107. The number of aromatic nitrogens is 2. The molecule has 1 aliphatic heterocycles. The summed E-state index contributed by atoms with van der Waals surface area (Å²) in [5.74, 6) is -0.442. The predicted molar refractivity (Wildman–Crippen MR) is 75.8 cm³/mol. The molecule has 0 radical (unpaired) electrons. The number of hydrogen-bond acceptors (Lipinski definition) is 2. The number of H-pyrrole nitrogens is 1. The molecule has 1 fully saturated rings. The summed E-state index contributed by atoms with van der Waals surface area (Å²) in [6.45, 7) is 3.48. The lowest BCUT2D eigenvalue weighted by atomic mass is 9.94. The Hall–Kier alpha value is -0.910. The number of hydrogen-bond donors (Lipinski definition) is 1. The number of aromatic amines is 1. The van der Waals surface area contributed by atoms with Gasteiger partial charge in [-0.25, -0.2) is 4.39 Å². The summed E-state index contributed by atoms with van der Waals surface area (Å²) in [5, 5.41) is 0.107. The summed E-state index contributed by atoms with van der Waals surface area (Å²) >= 11 is 11.3. The second kappa shape index (κ2) is 4.58. The van der Waals surface area contributed by atoms with E-state index in [0.29, 0.717) is 16.9 Å². The van der Waals surface area contributed by atoms with Gasteiger partial charge in [0.25, 0.3) is 0 Å². The van der Waals surface area contributed by atoms with Crippen molar-refractivity contribution in [3.8, 4) is 0 Å². The molecule has 0 bridgehead atoms. The van der Waals surface area contributed by atoms with Crippen molar-refractivity contribution in [2.45, 2.75) is 25.3 Å². The number of halogens is 2. The normalized spacial score (nSPS) is 23.9. The summed E-state index contributed by atoms with van der Waals surface area (Å²) in [5.41, 5.74) is 1.28. The van der Waals surface area contributed by atoms with Crippen molar-refractivity contribution in [1.29, 1.82) is 0 Å². The van der Waals surface area contributed by atoms with Crippen LogP contribution in [-0.2, 0) is 10.3 Å². The Bertz CT molecular complexity index is 688. The fourth-order valence-corrected chi connectivity index (χ4v) is 3.32. The van der Waals surface area contributed by atoms with Crippen molar-refractivity contribution >= 4 is 34.9 Å². The van der Waals surface area contributed by atoms with Crippen molar-refractivity contribution < 1.29 is 9.13 Å². The topological polar surface area (TPSA) is 29.9 Å². The van der Waals surface area contributed by atoms with E-state index in [9.17, 15) is 4.39 Å². The highest BCUT2D eigenvalue weighted by atomic mass is 35.5. The molecule has 0 amide bonds. The number of nitrogens with zero attached hydrogens (tertiary/aromatic N) is 1. The zero-order valence-corrected chi connectivity index (χ0v) is 12.1. The standard InChI is InChI=1S/C13H14ClFN2OS/c1-13(3-2-4-18-7-13)17-11-5-8(14)9(15)6-10(11)16-12(17)19/h5-6H,2-4,7H2,1H3,(H,16,19). The van der Waals surface area contributed by atoms with Gasteiger partial charge in [0.15, 0.2) is 4.77 Å². The molecular formula is C13H14ClFN2OS. The Kier molecular flexibility index (Phi) is 3.15. The largest absolute Gasteiger partial charge is 0.379 e. The number of ether oxygens (including phenoxy) is 1.